The summed E-state index contributed by atoms with van der Waals surface area (Å²) in [7, 11) is 0. The van der Waals surface area contributed by atoms with Gasteiger partial charge in [-0.25, -0.2) is 4.79 Å². The van der Waals surface area contributed by atoms with Crippen molar-refractivity contribution < 1.29 is 37.3 Å². The Bertz CT molecular complexity index is 791. The van der Waals surface area contributed by atoms with Gasteiger partial charge in [0, 0.05) is 24.6 Å². The smallest absolute Gasteiger partial charge is 0.475 e. The number of alkyl halides is 3. The summed E-state index contributed by atoms with van der Waals surface area (Å²) in [6.45, 7) is 4.75. The van der Waals surface area contributed by atoms with Gasteiger partial charge in [-0.05, 0) is 38.3 Å². The third-order valence-corrected chi connectivity index (χ3v) is 5.83. The van der Waals surface area contributed by atoms with Crippen LogP contribution in [0.1, 0.15) is 43.5 Å². The number of ether oxygens (including phenoxy) is 2. The highest BCUT2D eigenvalue weighted by Crippen LogP contribution is 2.38. The van der Waals surface area contributed by atoms with Crippen molar-refractivity contribution in [3.63, 3.8) is 0 Å². The number of rotatable bonds is 4. The maximum atomic E-state index is 12.3. The molecule has 31 heavy (non-hydrogen) atoms. The Hall–Kier alpha value is -2.20. The lowest BCUT2D eigenvalue weighted by molar-refractivity contribution is -0.205. The molecule has 1 aliphatic carbocycles. The SMILES string of the molecule is Cc1cccc(COC2CCOC3(C2)CN(C(=O)C2CCC2)C3)n1.O=C(O)C(F)(F)F. The van der Waals surface area contributed by atoms with E-state index in [-0.39, 0.29) is 17.6 Å². The highest BCUT2D eigenvalue weighted by molar-refractivity contribution is 5.80. The number of carboxylic acid groups (broad SMARTS) is 1. The molecule has 2 saturated heterocycles. The fourth-order valence-electron chi connectivity index (χ4n) is 3.95. The van der Waals surface area contributed by atoms with E-state index >= 15 is 0 Å². The third-order valence-electron chi connectivity index (χ3n) is 5.83. The van der Waals surface area contributed by atoms with E-state index in [0.717, 1.165) is 56.8 Å². The zero-order valence-corrected chi connectivity index (χ0v) is 17.4. The number of nitrogens with zero attached hydrogens (tertiary/aromatic N) is 2. The lowest BCUT2D eigenvalue weighted by Gasteiger charge is -2.54. The van der Waals surface area contributed by atoms with E-state index in [4.69, 9.17) is 19.4 Å². The van der Waals surface area contributed by atoms with E-state index in [9.17, 15) is 18.0 Å². The molecule has 1 aromatic rings. The van der Waals surface area contributed by atoms with Crippen LogP contribution >= 0.6 is 0 Å². The van der Waals surface area contributed by atoms with Gasteiger partial charge in [0.2, 0.25) is 5.91 Å². The number of aromatic nitrogens is 1. The molecular formula is C21H27F3N2O5. The van der Waals surface area contributed by atoms with Gasteiger partial charge < -0.3 is 19.5 Å². The van der Waals surface area contributed by atoms with Crippen LogP contribution in [-0.4, -0.2) is 64.4 Å². The maximum absolute atomic E-state index is 12.3. The molecule has 1 saturated carbocycles. The van der Waals surface area contributed by atoms with Crippen LogP contribution in [-0.2, 0) is 25.7 Å². The maximum Gasteiger partial charge on any atom is 0.490 e. The van der Waals surface area contributed by atoms with Crippen LogP contribution in [0.4, 0.5) is 13.2 Å². The number of aliphatic carboxylic acids is 1. The summed E-state index contributed by atoms with van der Waals surface area (Å²) in [5, 5.41) is 7.12. The van der Waals surface area contributed by atoms with Crippen molar-refractivity contribution in [2.45, 2.75) is 63.5 Å². The van der Waals surface area contributed by atoms with E-state index in [1.54, 1.807) is 0 Å². The first-order valence-corrected chi connectivity index (χ1v) is 10.3. The number of likely N-dealkylation sites (tertiary alicyclic amines) is 1. The lowest BCUT2D eigenvalue weighted by atomic mass is 9.80. The molecule has 0 aromatic carbocycles. The monoisotopic (exact) mass is 444 g/mol. The predicted molar refractivity (Wildman–Crippen MR) is 103 cm³/mol. The molecule has 7 nitrogen and oxygen atoms in total. The van der Waals surface area contributed by atoms with Gasteiger partial charge in [-0.3, -0.25) is 9.78 Å². The second kappa shape index (κ2) is 9.52. The minimum Gasteiger partial charge on any atom is -0.475 e. The molecule has 4 rings (SSSR count). The summed E-state index contributed by atoms with van der Waals surface area (Å²) in [6.07, 6.45) is 0.255. The van der Waals surface area contributed by atoms with Gasteiger partial charge in [0.1, 0.15) is 5.60 Å². The van der Waals surface area contributed by atoms with E-state index in [2.05, 4.69) is 4.98 Å². The van der Waals surface area contributed by atoms with Gasteiger partial charge in [0.15, 0.2) is 0 Å². The molecule has 1 spiro atoms. The Morgan fingerprint density at radius 1 is 1.29 bits per heavy atom. The summed E-state index contributed by atoms with van der Waals surface area (Å²) >= 11 is 0. The van der Waals surface area contributed by atoms with Gasteiger partial charge in [0.25, 0.3) is 0 Å². The highest BCUT2D eigenvalue weighted by Gasteiger charge is 2.50. The van der Waals surface area contributed by atoms with Crippen LogP contribution < -0.4 is 0 Å². The van der Waals surface area contributed by atoms with Crippen LogP contribution in [0.25, 0.3) is 0 Å². The first kappa shape index (κ1) is 23.5. The van der Waals surface area contributed by atoms with Gasteiger partial charge >= 0.3 is 12.1 Å². The lowest BCUT2D eigenvalue weighted by Crippen LogP contribution is -2.68. The number of pyridine rings is 1. The number of carbonyl (C=O) groups is 2. The topological polar surface area (TPSA) is 89.0 Å². The molecule has 3 heterocycles. The molecule has 3 aliphatic rings. The zero-order chi connectivity index (χ0) is 22.6. The standard InChI is InChI=1S/C19H26N2O3.C2HF3O2/c1-14-4-2-7-16(20-14)11-23-17-8-9-24-19(10-17)12-21(13-19)18(22)15-5-3-6-15;3-2(4,5)1(6)7/h2,4,7,15,17H,3,5-6,8-13H2,1H3;(H,6,7). The van der Waals surface area contributed by atoms with Crippen molar-refractivity contribution in [1.29, 1.82) is 0 Å². The molecule has 1 atom stereocenters. The molecule has 10 heteroatoms. The zero-order valence-electron chi connectivity index (χ0n) is 17.4. The predicted octanol–water partition coefficient (Wildman–Crippen LogP) is 3.10. The molecule has 1 amide bonds. The van der Waals surface area contributed by atoms with E-state index in [0.29, 0.717) is 12.5 Å². The fraction of sp³-hybridized carbons (Fsp3) is 0.667. The number of hydrogen-bond donors (Lipinski definition) is 1. The number of aryl methyl sites for hydroxylation is 1. The Morgan fingerprint density at radius 2 is 1.97 bits per heavy atom. The highest BCUT2D eigenvalue weighted by atomic mass is 19.4. The molecule has 1 N–H and O–H groups in total. The van der Waals surface area contributed by atoms with Gasteiger partial charge in [-0.2, -0.15) is 13.2 Å². The number of carbonyl (C=O) groups excluding carboxylic acids is 1. The number of carboxylic acids is 1. The summed E-state index contributed by atoms with van der Waals surface area (Å²) in [5.74, 6) is -2.14. The summed E-state index contributed by atoms with van der Waals surface area (Å²) in [6, 6.07) is 6.02. The van der Waals surface area contributed by atoms with Crippen LogP contribution in [0.5, 0.6) is 0 Å². The second-order valence-corrected chi connectivity index (χ2v) is 8.35. The van der Waals surface area contributed by atoms with Crippen molar-refractivity contribution >= 4 is 11.9 Å². The fourth-order valence-corrected chi connectivity index (χ4v) is 3.95. The van der Waals surface area contributed by atoms with Crippen molar-refractivity contribution in [2.75, 3.05) is 19.7 Å². The van der Waals surface area contributed by atoms with Gasteiger partial charge in [0.05, 0.1) is 31.5 Å². The molecule has 3 fully saturated rings. The third kappa shape index (κ3) is 6.16. The summed E-state index contributed by atoms with van der Waals surface area (Å²) in [5.41, 5.74) is 1.83. The van der Waals surface area contributed by atoms with Crippen molar-refractivity contribution in [2.24, 2.45) is 5.92 Å². The Balaban J connectivity index is 0.000000339. The Morgan fingerprint density at radius 3 is 2.52 bits per heavy atom. The average molecular weight is 444 g/mol. The summed E-state index contributed by atoms with van der Waals surface area (Å²) < 4.78 is 43.8. The molecule has 1 unspecified atom stereocenters. The first-order chi connectivity index (χ1) is 14.6. The molecular weight excluding hydrogens is 417 g/mol. The van der Waals surface area contributed by atoms with Crippen LogP contribution in [0.15, 0.2) is 18.2 Å². The van der Waals surface area contributed by atoms with Crippen LogP contribution in [0.2, 0.25) is 0 Å². The minimum atomic E-state index is -5.08. The van der Waals surface area contributed by atoms with Crippen molar-refractivity contribution in [3.8, 4) is 0 Å². The van der Waals surface area contributed by atoms with Crippen molar-refractivity contribution in [1.82, 2.24) is 9.88 Å². The van der Waals surface area contributed by atoms with E-state index in [1.165, 1.54) is 6.42 Å². The molecule has 1 aromatic heterocycles. The molecule has 2 aliphatic heterocycles. The van der Waals surface area contributed by atoms with Gasteiger partial charge in [-0.1, -0.05) is 12.5 Å². The van der Waals surface area contributed by atoms with E-state index < -0.39 is 12.1 Å². The molecule has 172 valence electrons. The molecule has 0 bridgehead atoms. The van der Waals surface area contributed by atoms with Crippen molar-refractivity contribution in [3.05, 3.63) is 29.6 Å². The second-order valence-electron chi connectivity index (χ2n) is 8.35. The largest absolute Gasteiger partial charge is 0.490 e. The number of hydrogen-bond acceptors (Lipinski definition) is 5. The minimum absolute atomic E-state index is 0.164. The average Bonchev–Trinajstić information content (AvgIpc) is 2.63. The normalized spacial score (nSPS) is 22.7. The number of halogens is 3. The van der Waals surface area contributed by atoms with Gasteiger partial charge in [-0.15, -0.1) is 0 Å². The summed E-state index contributed by atoms with van der Waals surface area (Å²) in [4.78, 5) is 27.7. The number of amides is 1. The molecule has 0 radical (unpaired) electrons. The quantitative estimate of drug-likeness (QED) is 0.768. The van der Waals surface area contributed by atoms with E-state index in [1.807, 2.05) is 30.0 Å². The Labute approximate surface area is 178 Å². The van der Waals surface area contributed by atoms with Crippen LogP contribution in [0, 0.1) is 12.8 Å². The Kier molecular flexibility index (Phi) is 7.20. The first-order valence-electron chi connectivity index (χ1n) is 10.3. The van der Waals surface area contributed by atoms with Crippen LogP contribution in [0.3, 0.4) is 0 Å².